The zero-order valence-electron chi connectivity index (χ0n) is 14.6. The molecule has 0 atom stereocenters. The van der Waals surface area contributed by atoms with E-state index in [0.29, 0.717) is 11.3 Å². The maximum atomic E-state index is 13.9. The fraction of sp³-hybridized carbons (Fsp3) is 0.0526. The maximum Gasteiger partial charge on any atom is 0.433 e. The van der Waals surface area contributed by atoms with E-state index < -0.39 is 17.7 Å². The predicted molar refractivity (Wildman–Crippen MR) is 97.1 cm³/mol. The van der Waals surface area contributed by atoms with Crippen LogP contribution in [0.3, 0.4) is 0 Å². The van der Waals surface area contributed by atoms with Crippen LogP contribution < -0.4 is 5.32 Å². The van der Waals surface area contributed by atoms with Gasteiger partial charge in [-0.3, -0.25) is 4.98 Å². The van der Waals surface area contributed by atoms with Crippen molar-refractivity contribution in [3.8, 4) is 17.1 Å². The lowest BCUT2D eigenvalue weighted by molar-refractivity contribution is -0.141. The van der Waals surface area contributed by atoms with Crippen LogP contribution in [0.25, 0.3) is 17.1 Å². The van der Waals surface area contributed by atoms with Crippen LogP contribution in [0.15, 0.2) is 67.3 Å². The van der Waals surface area contributed by atoms with Crippen LogP contribution in [0.5, 0.6) is 0 Å². The molecule has 6 nitrogen and oxygen atoms in total. The van der Waals surface area contributed by atoms with Crippen LogP contribution in [-0.2, 0) is 6.18 Å². The Hall–Kier alpha value is -3.82. The summed E-state index contributed by atoms with van der Waals surface area (Å²) in [6.45, 7) is 0. The maximum absolute atomic E-state index is 13.9. The number of benzene rings is 1. The van der Waals surface area contributed by atoms with Crippen molar-refractivity contribution in [3.63, 3.8) is 0 Å². The van der Waals surface area contributed by atoms with Crippen molar-refractivity contribution >= 4 is 11.5 Å². The molecule has 0 unspecified atom stereocenters. The van der Waals surface area contributed by atoms with E-state index in [1.807, 2.05) is 0 Å². The Labute approximate surface area is 161 Å². The van der Waals surface area contributed by atoms with E-state index in [0.717, 1.165) is 6.07 Å². The third-order valence-electron chi connectivity index (χ3n) is 3.89. The van der Waals surface area contributed by atoms with Gasteiger partial charge in [0.15, 0.2) is 11.5 Å². The zero-order valence-corrected chi connectivity index (χ0v) is 14.6. The highest BCUT2D eigenvalue weighted by atomic mass is 19.4. The topological polar surface area (TPSA) is 68.5 Å². The molecule has 0 saturated carbocycles. The van der Waals surface area contributed by atoms with Crippen molar-refractivity contribution in [2.45, 2.75) is 6.18 Å². The van der Waals surface area contributed by atoms with Crippen molar-refractivity contribution in [3.05, 3.63) is 78.8 Å². The third kappa shape index (κ3) is 4.05. The molecule has 0 saturated heterocycles. The lowest BCUT2D eigenvalue weighted by Crippen LogP contribution is -2.11. The Morgan fingerprint density at radius 1 is 0.966 bits per heavy atom. The van der Waals surface area contributed by atoms with Crippen LogP contribution in [0.2, 0.25) is 0 Å². The molecule has 1 aromatic carbocycles. The van der Waals surface area contributed by atoms with E-state index in [9.17, 15) is 17.6 Å². The number of aromatic nitrogens is 5. The van der Waals surface area contributed by atoms with E-state index in [1.165, 1.54) is 41.6 Å². The summed E-state index contributed by atoms with van der Waals surface area (Å²) in [4.78, 5) is 11.6. The summed E-state index contributed by atoms with van der Waals surface area (Å²) in [5.74, 6) is -0.696. The number of nitrogens with zero attached hydrogens (tertiary/aromatic N) is 5. The number of hydrogen-bond donors (Lipinski definition) is 1. The third-order valence-corrected chi connectivity index (χ3v) is 3.89. The summed E-state index contributed by atoms with van der Waals surface area (Å²) in [5.41, 5.74) is -0.230. The highest BCUT2D eigenvalue weighted by molar-refractivity contribution is 5.61. The van der Waals surface area contributed by atoms with Crippen LogP contribution >= 0.6 is 0 Å². The van der Waals surface area contributed by atoms with Gasteiger partial charge in [0.25, 0.3) is 0 Å². The Bertz CT molecular complexity index is 1140. The molecule has 0 aliphatic heterocycles. The van der Waals surface area contributed by atoms with Crippen molar-refractivity contribution in [2.24, 2.45) is 0 Å². The molecular formula is C19H12F4N6. The first kappa shape index (κ1) is 18.5. The van der Waals surface area contributed by atoms with Crippen LogP contribution in [0.1, 0.15) is 5.69 Å². The van der Waals surface area contributed by atoms with E-state index >= 15 is 0 Å². The number of rotatable bonds is 4. The Kier molecular flexibility index (Phi) is 4.67. The standard InChI is InChI=1S/C19H12F4N6/c20-14-5-1-2-6-15(14)29-11-13(10-25-29)26-17-8-16(19(21,22)23)27-18(28-17)12-4-3-7-24-9-12/h1-11H,(H,26,27,28). The predicted octanol–water partition coefficient (Wildman–Crippen LogP) is 4.63. The van der Waals surface area contributed by atoms with Gasteiger partial charge in [-0.05, 0) is 24.3 Å². The molecule has 146 valence electrons. The first-order chi connectivity index (χ1) is 13.9. The average Bonchev–Trinajstić information content (AvgIpc) is 3.16. The molecule has 4 aromatic rings. The summed E-state index contributed by atoms with van der Waals surface area (Å²) in [5, 5.41) is 6.79. The normalized spacial score (nSPS) is 11.4. The minimum atomic E-state index is -4.66. The summed E-state index contributed by atoms with van der Waals surface area (Å²) >= 11 is 0. The van der Waals surface area contributed by atoms with E-state index in [2.05, 4.69) is 25.4 Å². The Morgan fingerprint density at radius 3 is 2.52 bits per heavy atom. The number of para-hydroxylation sites is 1. The number of halogens is 4. The number of nitrogens with one attached hydrogen (secondary N) is 1. The number of alkyl halides is 3. The molecule has 29 heavy (non-hydrogen) atoms. The molecule has 1 N–H and O–H groups in total. The number of anilines is 2. The first-order valence-corrected chi connectivity index (χ1v) is 8.33. The SMILES string of the molecule is Fc1ccccc1-n1cc(Nc2cc(C(F)(F)F)nc(-c3cccnc3)n2)cn1. The molecule has 10 heteroatoms. The minimum Gasteiger partial charge on any atom is -0.338 e. The summed E-state index contributed by atoms with van der Waals surface area (Å²) in [7, 11) is 0. The molecule has 0 radical (unpaired) electrons. The van der Waals surface area contributed by atoms with E-state index in [4.69, 9.17) is 0 Å². The molecule has 3 aromatic heterocycles. The molecule has 3 heterocycles. The second-order valence-corrected chi connectivity index (χ2v) is 5.95. The fourth-order valence-corrected chi connectivity index (χ4v) is 2.59. The minimum absolute atomic E-state index is 0.0840. The summed E-state index contributed by atoms with van der Waals surface area (Å²) in [6.07, 6.45) is 1.000. The van der Waals surface area contributed by atoms with Gasteiger partial charge in [-0.15, -0.1) is 0 Å². The second kappa shape index (κ2) is 7.30. The van der Waals surface area contributed by atoms with Gasteiger partial charge in [-0.25, -0.2) is 19.0 Å². The van der Waals surface area contributed by atoms with Gasteiger partial charge in [0.1, 0.15) is 17.3 Å². The van der Waals surface area contributed by atoms with Gasteiger partial charge in [0.2, 0.25) is 0 Å². The molecular weight excluding hydrogens is 388 g/mol. The van der Waals surface area contributed by atoms with Crippen LogP contribution in [0, 0.1) is 5.82 Å². The van der Waals surface area contributed by atoms with Gasteiger partial charge in [-0.2, -0.15) is 18.3 Å². The summed E-state index contributed by atoms with van der Waals surface area (Å²) in [6, 6.07) is 9.92. The lowest BCUT2D eigenvalue weighted by atomic mass is 10.2. The Morgan fingerprint density at radius 2 is 1.79 bits per heavy atom. The van der Waals surface area contributed by atoms with E-state index in [1.54, 1.807) is 24.3 Å². The monoisotopic (exact) mass is 400 g/mol. The highest BCUT2D eigenvalue weighted by Crippen LogP contribution is 2.31. The largest absolute Gasteiger partial charge is 0.433 e. The molecule has 0 spiro atoms. The molecule has 0 aliphatic carbocycles. The average molecular weight is 400 g/mol. The molecule has 0 fully saturated rings. The Balaban J connectivity index is 1.69. The van der Waals surface area contributed by atoms with E-state index in [-0.39, 0.29) is 17.3 Å². The van der Waals surface area contributed by atoms with Crippen molar-refractivity contribution in [1.29, 1.82) is 0 Å². The second-order valence-electron chi connectivity index (χ2n) is 5.95. The van der Waals surface area contributed by atoms with Gasteiger partial charge >= 0.3 is 6.18 Å². The van der Waals surface area contributed by atoms with Gasteiger partial charge in [0.05, 0.1) is 18.1 Å². The van der Waals surface area contributed by atoms with Crippen molar-refractivity contribution in [2.75, 3.05) is 5.32 Å². The molecule has 0 aliphatic rings. The number of hydrogen-bond acceptors (Lipinski definition) is 5. The smallest absolute Gasteiger partial charge is 0.338 e. The first-order valence-electron chi connectivity index (χ1n) is 8.33. The fourth-order valence-electron chi connectivity index (χ4n) is 2.59. The highest BCUT2D eigenvalue weighted by Gasteiger charge is 2.34. The molecule has 0 amide bonds. The van der Waals surface area contributed by atoms with Crippen molar-refractivity contribution in [1.82, 2.24) is 24.7 Å². The number of pyridine rings is 1. The molecule has 4 rings (SSSR count). The lowest BCUT2D eigenvalue weighted by Gasteiger charge is -2.11. The molecule has 0 bridgehead atoms. The van der Waals surface area contributed by atoms with Gasteiger partial charge < -0.3 is 5.32 Å². The quantitative estimate of drug-likeness (QED) is 0.506. The van der Waals surface area contributed by atoms with Crippen LogP contribution in [-0.4, -0.2) is 24.7 Å². The van der Waals surface area contributed by atoms with Gasteiger partial charge in [-0.1, -0.05) is 12.1 Å². The summed E-state index contributed by atoms with van der Waals surface area (Å²) < 4.78 is 55.0. The zero-order chi connectivity index (χ0) is 20.4. The van der Waals surface area contributed by atoms with Crippen LogP contribution in [0.4, 0.5) is 29.1 Å². The van der Waals surface area contributed by atoms with Crippen molar-refractivity contribution < 1.29 is 17.6 Å². The van der Waals surface area contributed by atoms with Gasteiger partial charge in [0, 0.05) is 24.0 Å².